The summed E-state index contributed by atoms with van der Waals surface area (Å²) in [5.41, 5.74) is -0.416. The van der Waals surface area contributed by atoms with E-state index in [0.29, 0.717) is 17.4 Å². The molecule has 0 saturated carbocycles. The van der Waals surface area contributed by atoms with Crippen LogP contribution in [-0.2, 0) is 6.18 Å². The number of benzene rings is 1. The summed E-state index contributed by atoms with van der Waals surface area (Å²) < 4.78 is 43.4. The van der Waals surface area contributed by atoms with Crippen molar-refractivity contribution in [2.75, 3.05) is 13.1 Å². The Morgan fingerprint density at radius 3 is 2.76 bits per heavy atom. The van der Waals surface area contributed by atoms with E-state index in [1.165, 1.54) is 6.07 Å². The quantitative estimate of drug-likeness (QED) is 0.925. The molecule has 1 aliphatic rings. The summed E-state index contributed by atoms with van der Waals surface area (Å²) in [6.45, 7) is 3.68. The monoisotopic (exact) mass is 297 g/mol. The van der Waals surface area contributed by atoms with E-state index in [1.54, 1.807) is 6.07 Å². The molecule has 1 aromatic carbocycles. The van der Waals surface area contributed by atoms with Gasteiger partial charge in [0.05, 0.1) is 11.5 Å². The van der Waals surface area contributed by atoms with Gasteiger partial charge in [-0.2, -0.15) is 18.2 Å². The molecular weight excluding hydrogens is 283 g/mol. The maximum Gasteiger partial charge on any atom is 0.416 e. The number of nitrogens with one attached hydrogen (secondary N) is 1. The molecular formula is C14H14F3N3O. The highest BCUT2D eigenvalue weighted by Crippen LogP contribution is 2.32. The van der Waals surface area contributed by atoms with Gasteiger partial charge < -0.3 is 9.84 Å². The Morgan fingerprint density at radius 1 is 1.29 bits per heavy atom. The molecule has 4 nitrogen and oxygen atoms in total. The number of alkyl halides is 3. The maximum absolute atomic E-state index is 12.7. The Kier molecular flexibility index (Phi) is 3.44. The third-order valence-corrected chi connectivity index (χ3v) is 3.72. The van der Waals surface area contributed by atoms with Crippen LogP contribution in [0.4, 0.5) is 13.2 Å². The van der Waals surface area contributed by atoms with Crippen LogP contribution >= 0.6 is 0 Å². The minimum absolute atomic E-state index is 0.108. The van der Waals surface area contributed by atoms with Gasteiger partial charge in [0, 0.05) is 12.1 Å². The first kappa shape index (κ1) is 14.1. The van der Waals surface area contributed by atoms with Crippen molar-refractivity contribution in [2.24, 2.45) is 5.92 Å². The molecule has 0 aliphatic carbocycles. The molecule has 112 valence electrons. The molecule has 3 rings (SSSR count). The number of halogens is 3. The van der Waals surface area contributed by atoms with Crippen LogP contribution in [0, 0.1) is 5.92 Å². The van der Waals surface area contributed by atoms with E-state index < -0.39 is 11.7 Å². The third-order valence-electron chi connectivity index (χ3n) is 3.72. The Labute approximate surface area is 119 Å². The molecule has 7 heteroatoms. The molecule has 2 aromatic rings. The fraction of sp³-hybridized carbons (Fsp3) is 0.429. The number of hydrogen-bond donors (Lipinski definition) is 1. The van der Waals surface area contributed by atoms with Crippen molar-refractivity contribution in [1.29, 1.82) is 0 Å². The summed E-state index contributed by atoms with van der Waals surface area (Å²) in [6.07, 6.45) is -4.38. The highest BCUT2D eigenvalue weighted by atomic mass is 19.4. The van der Waals surface area contributed by atoms with E-state index in [2.05, 4.69) is 22.4 Å². The van der Waals surface area contributed by atoms with Crippen LogP contribution in [0.2, 0.25) is 0 Å². The third kappa shape index (κ3) is 2.78. The van der Waals surface area contributed by atoms with Crippen LogP contribution < -0.4 is 5.32 Å². The molecule has 0 unspecified atom stereocenters. The van der Waals surface area contributed by atoms with Gasteiger partial charge in [-0.15, -0.1) is 0 Å². The average molecular weight is 297 g/mol. The van der Waals surface area contributed by atoms with Crippen LogP contribution in [-0.4, -0.2) is 23.2 Å². The van der Waals surface area contributed by atoms with Gasteiger partial charge in [-0.3, -0.25) is 0 Å². The second-order valence-corrected chi connectivity index (χ2v) is 5.28. The minimum atomic E-state index is -4.38. The standard InChI is InChI=1S/C14H14F3N3O/c1-8-6-18-7-11(8)13-19-12(20-21-13)9-3-2-4-10(5-9)14(15,16)17/h2-5,8,11,18H,6-7H2,1H3/t8-,11-/m1/s1. The second kappa shape index (κ2) is 5.14. The van der Waals surface area contributed by atoms with Crippen molar-refractivity contribution in [3.8, 4) is 11.4 Å². The molecule has 1 aromatic heterocycles. The number of nitrogens with zero attached hydrogens (tertiary/aromatic N) is 2. The smallest absolute Gasteiger partial charge is 0.339 e. The molecule has 0 radical (unpaired) electrons. The van der Waals surface area contributed by atoms with Gasteiger partial charge in [-0.25, -0.2) is 0 Å². The zero-order valence-corrected chi connectivity index (χ0v) is 11.3. The van der Waals surface area contributed by atoms with E-state index in [0.717, 1.165) is 25.2 Å². The van der Waals surface area contributed by atoms with Crippen molar-refractivity contribution in [3.05, 3.63) is 35.7 Å². The molecule has 1 fully saturated rings. The number of rotatable bonds is 2. The lowest BCUT2D eigenvalue weighted by atomic mass is 9.98. The van der Waals surface area contributed by atoms with Crippen LogP contribution in [0.3, 0.4) is 0 Å². The number of hydrogen-bond acceptors (Lipinski definition) is 4. The highest BCUT2D eigenvalue weighted by Gasteiger charge is 2.32. The molecule has 0 bridgehead atoms. The zero-order valence-electron chi connectivity index (χ0n) is 11.3. The number of aromatic nitrogens is 2. The van der Waals surface area contributed by atoms with Crippen molar-refractivity contribution in [3.63, 3.8) is 0 Å². The van der Waals surface area contributed by atoms with Crippen molar-refractivity contribution in [2.45, 2.75) is 19.0 Å². The Morgan fingerprint density at radius 2 is 2.10 bits per heavy atom. The maximum atomic E-state index is 12.7. The Bertz CT molecular complexity index is 638. The molecule has 0 amide bonds. The van der Waals surface area contributed by atoms with Crippen LogP contribution in [0.15, 0.2) is 28.8 Å². The molecule has 1 N–H and O–H groups in total. The first-order valence-corrected chi connectivity index (χ1v) is 6.67. The van der Waals surface area contributed by atoms with E-state index in [9.17, 15) is 13.2 Å². The van der Waals surface area contributed by atoms with E-state index in [1.807, 2.05) is 0 Å². The lowest BCUT2D eigenvalue weighted by molar-refractivity contribution is -0.137. The largest absolute Gasteiger partial charge is 0.416 e. The molecule has 2 atom stereocenters. The van der Waals surface area contributed by atoms with Gasteiger partial charge in [0.2, 0.25) is 11.7 Å². The molecule has 2 heterocycles. The van der Waals surface area contributed by atoms with Crippen LogP contribution in [0.5, 0.6) is 0 Å². The Balaban J connectivity index is 1.90. The summed E-state index contributed by atoms with van der Waals surface area (Å²) in [6, 6.07) is 4.94. The predicted octanol–water partition coefficient (Wildman–Crippen LogP) is 3.08. The van der Waals surface area contributed by atoms with E-state index in [4.69, 9.17) is 4.52 Å². The summed E-state index contributed by atoms with van der Waals surface area (Å²) in [4.78, 5) is 4.25. The van der Waals surface area contributed by atoms with Crippen LogP contribution in [0.1, 0.15) is 24.3 Å². The van der Waals surface area contributed by atoms with Gasteiger partial charge in [-0.1, -0.05) is 24.2 Å². The fourth-order valence-corrected chi connectivity index (χ4v) is 2.48. The van der Waals surface area contributed by atoms with Crippen molar-refractivity contribution < 1.29 is 17.7 Å². The van der Waals surface area contributed by atoms with Gasteiger partial charge in [0.1, 0.15) is 0 Å². The summed E-state index contributed by atoms with van der Waals surface area (Å²) in [5, 5.41) is 7.03. The fourth-order valence-electron chi connectivity index (χ4n) is 2.48. The van der Waals surface area contributed by atoms with E-state index >= 15 is 0 Å². The zero-order chi connectivity index (χ0) is 15.0. The summed E-state index contributed by atoms with van der Waals surface area (Å²) >= 11 is 0. The second-order valence-electron chi connectivity index (χ2n) is 5.28. The highest BCUT2D eigenvalue weighted by molar-refractivity contribution is 5.55. The molecule has 1 aliphatic heterocycles. The first-order valence-electron chi connectivity index (χ1n) is 6.67. The molecule has 1 saturated heterocycles. The first-order chi connectivity index (χ1) is 9.95. The minimum Gasteiger partial charge on any atom is -0.339 e. The van der Waals surface area contributed by atoms with Gasteiger partial charge >= 0.3 is 6.18 Å². The lowest BCUT2D eigenvalue weighted by Gasteiger charge is -2.07. The van der Waals surface area contributed by atoms with Gasteiger partial charge in [0.25, 0.3) is 0 Å². The summed E-state index contributed by atoms with van der Waals surface area (Å²) in [7, 11) is 0. The van der Waals surface area contributed by atoms with Crippen molar-refractivity contribution >= 4 is 0 Å². The molecule has 0 spiro atoms. The summed E-state index contributed by atoms with van der Waals surface area (Å²) in [5.74, 6) is 1.13. The van der Waals surface area contributed by atoms with Gasteiger partial charge in [0.15, 0.2) is 0 Å². The SMILES string of the molecule is C[C@@H]1CNC[C@H]1c1nc(-c2cccc(C(F)(F)F)c2)no1. The topological polar surface area (TPSA) is 51.0 Å². The predicted molar refractivity (Wildman–Crippen MR) is 69.5 cm³/mol. The van der Waals surface area contributed by atoms with E-state index in [-0.39, 0.29) is 11.7 Å². The Hall–Kier alpha value is -1.89. The van der Waals surface area contributed by atoms with Gasteiger partial charge in [-0.05, 0) is 24.6 Å². The normalized spacial score (nSPS) is 22.7. The molecule has 21 heavy (non-hydrogen) atoms. The van der Waals surface area contributed by atoms with Crippen LogP contribution in [0.25, 0.3) is 11.4 Å². The van der Waals surface area contributed by atoms with Crippen molar-refractivity contribution in [1.82, 2.24) is 15.5 Å². The lowest BCUT2D eigenvalue weighted by Crippen LogP contribution is -2.08. The average Bonchev–Trinajstić information content (AvgIpc) is 3.06.